The molecule has 0 spiro atoms. The number of hydrogen-bond donors (Lipinski definition) is 1. The molecule has 1 aromatic rings. The minimum atomic E-state index is -0.465. The number of aromatic nitrogens is 1. The second-order valence-electron chi connectivity index (χ2n) is 7.40. The van der Waals surface area contributed by atoms with Crippen LogP contribution in [0.5, 0.6) is 0 Å². The van der Waals surface area contributed by atoms with Gasteiger partial charge in [-0.1, -0.05) is 13.8 Å². The van der Waals surface area contributed by atoms with Gasteiger partial charge < -0.3 is 20.3 Å². The van der Waals surface area contributed by atoms with Crippen LogP contribution in [0.4, 0.5) is 16.3 Å². The van der Waals surface area contributed by atoms with E-state index in [1.165, 1.54) is 0 Å². The largest absolute Gasteiger partial charge is 0.444 e. The number of nitrogens with two attached hydrogens (primary N) is 1. The van der Waals surface area contributed by atoms with Crippen molar-refractivity contribution in [1.29, 1.82) is 0 Å². The van der Waals surface area contributed by atoms with Crippen molar-refractivity contribution in [2.75, 3.05) is 36.8 Å². The first kappa shape index (κ1) is 18.4. The fourth-order valence-electron chi connectivity index (χ4n) is 2.86. The first-order valence-corrected chi connectivity index (χ1v) is 8.70. The summed E-state index contributed by atoms with van der Waals surface area (Å²) in [5.41, 5.74) is 7.65. The number of piperazine rings is 1. The predicted molar refractivity (Wildman–Crippen MR) is 97.4 cm³/mol. The van der Waals surface area contributed by atoms with Crippen LogP contribution in [0.2, 0.25) is 0 Å². The Morgan fingerprint density at radius 3 is 2.50 bits per heavy atom. The van der Waals surface area contributed by atoms with E-state index < -0.39 is 5.60 Å². The average molecular weight is 334 g/mol. The van der Waals surface area contributed by atoms with Crippen LogP contribution in [0, 0.1) is 0 Å². The highest BCUT2D eigenvalue weighted by atomic mass is 16.6. The Balaban J connectivity index is 2.08. The number of nitrogens with zero attached hydrogens (tertiary/aromatic N) is 3. The predicted octanol–water partition coefficient (Wildman–Crippen LogP) is 3.23. The molecule has 0 aliphatic carbocycles. The van der Waals surface area contributed by atoms with Gasteiger partial charge in [0.25, 0.3) is 0 Å². The Kier molecular flexibility index (Phi) is 5.57. The van der Waals surface area contributed by atoms with E-state index in [1.807, 2.05) is 26.8 Å². The van der Waals surface area contributed by atoms with E-state index in [4.69, 9.17) is 10.5 Å². The van der Waals surface area contributed by atoms with Crippen LogP contribution in [-0.4, -0.2) is 47.8 Å². The molecule has 1 fully saturated rings. The minimum absolute atomic E-state index is 0.246. The van der Waals surface area contributed by atoms with Crippen molar-refractivity contribution in [2.45, 2.75) is 52.6 Å². The summed E-state index contributed by atoms with van der Waals surface area (Å²) in [6.45, 7) is 12.7. The van der Waals surface area contributed by atoms with Crippen molar-refractivity contribution in [1.82, 2.24) is 9.88 Å². The molecule has 1 amide bonds. The van der Waals surface area contributed by atoms with Gasteiger partial charge in [0.15, 0.2) is 0 Å². The van der Waals surface area contributed by atoms with Crippen molar-refractivity contribution in [2.24, 2.45) is 0 Å². The molecule has 2 N–H and O–H groups in total. The Bertz CT molecular complexity index is 575. The molecule has 2 rings (SSSR count). The Hall–Kier alpha value is -1.98. The van der Waals surface area contributed by atoms with E-state index in [9.17, 15) is 4.79 Å². The molecular formula is C18H30N4O2. The molecular weight excluding hydrogens is 304 g/mol. The maximum Gasteiger partial charge on any atom is 0.410 e. The molecule has 1 atom stereocenters. The molecule has 1 aromatic heterocycles. The summed E-state index contributed by atoms with van der Waals surface area (Å²) in [6, 6.07) is 1.86. The van der Waals surface area contributed by atoms with E-state index in [1.54, 1.807) is 11.1 Å². The molecule has 6 heteroatoms. The molecule has 0 radical (unpaired) electrons. The second-order valence-corrected chi connectivity index (χ2v) is 7.40. The number of hydrogen-bond acceptors (Lipinski definition) is 5. The molecule has 1 unspecified atom stereocenters. The number of anilines is 2. The van der Waals surface area contributed by atoms with Crippen LogP contribution < -0.4 is 10.6 Å². The van der Waals surface area contributed by atoms with E-state index >= 15 is 0 Å². The Morgan fingerprint density at radius 2 is 1.96 bits per heavy atom. The van der Waals surface area contributed by atoms with Crippen LogP contribution in [0.1, 0.15) is 52.5 Å². The zero-order valence-electron chi connectivity index (χ0n) is 15.5. The molecule has 134 valence electrons. The lowest BCUT2D eigenvalue weighted by molar-refractivity contribution is 0.0240. The average Bonchev–Trinajstić information content (AvgIpc) is 2.52. The van der Waals surface area contributed by atoms with Gasteiger partial charge in [-0.25, -0.2) is 9.78 Å². The molecule has 1 aliphatic rings. The third-order valence-corrected chi connectivity index (χ3v) is 4.34. The van der Waals surface area contributed by atoms with Crippen molar-refractivity contribution in [3.8, 4) is 0 Å². The lowest BCUT2D eigenvalue weighted by Crippen LogP contribution is -2.50. The summed E-state index contributed by atoms with van der Waals surface area (Å²) in [4.78, 5) is 20.7. The highest BCUT2D eigenvalue weighted by Gasteiger charge is 2.28. The zero-order valence-corrected chi connectivity index (χ0v) is 15.5. The van der Waals surface area contributed by atoms with E-state index in [2.05, 4.69) is 23.7 Å². The number of ether oxygens (including phenoxy) is 1. The number of carbonyl (C=O) groups is 1. The number of rotatable bonds is 3. The smallest absolute Gasteiger partial charge is 0.410 e. The van der Waals surface area contributed by atoms with Gasteiger partial charge in [0, 0.05) is 43.6 Å². The summed E-state index contributed by atoms with van der Waals surface area (Å²) < 4.78 is 5.45. The van der Waals surface area contributed by atoms with Gasteiger partial charge in [-0.2, -0.15) is 0 Å². The summed E-state index contributed by atoms with van der Waals surface area (Å²) in [7, 11) is 0. The molecule has 24 heavy (non-hydrogen) atoms. The lowest BCUT2D eigenvalue weighted by Gasteiger charge is -2.37. The molecule has 1 aliphatic heterocycles. The number of nitrogen functional groups attached to an aromatic ring is 1. The molecule has 1 saturated heterocycles. The Labute approximate surface area is 145 Å². The molecule has 0 saturated carbocycles. The van der Waals surface area contributed by atoms with Gasteiger partial charge in [-0.3, -0.25) is 0 Å². The van der Waals surface area contributed by atoms with Crippen LogP contribution in [0.25, 0.3) is 0 Å². The highest BCUT2D eigenvalue weighted by molar-refractivity contribution is 5.69. The van der Waals surface area contributed by atoms with Gasteiger partial charge in [-0.05, 0) is 39.2 Å². The normalized spacial score (nSPS) is 16.9. The van der Waals surface area contributed by atoms with Crippen LogP contribution in [0.3, 0.4) is 0 Å². The molecule has 6 nitrogen and oxygen atoms in total. The fourth-order valence-corrected chi connectivity index (χ4v) is 2.86. The summed E-state index contributed by atoms with van der Waals surface area (Å²) >= 11 is 0. The first-order chi connectivity index (χ1) is 11.2. The first-order valence-electron chi connectivity index (χ1n) is 8.70. The number of pyridine rings is 1. The number of carbonyl (C=O) groups excluding carboxylic acids is 1. The highest BCUT2D eigenvalue weighted by Crippen LogP contribution is 2.33. The standard InChI is InChI=1S/C18H30N4O2/c1-6-13(2)15-14(19)7-8-20-16(15)21-9-11-22(12-10-21)17(23)24-18(3,4)5/h7-8,13H,6,9-12H2,1-5H3,(H2,19,20). The second kappa shape index (κ2) is 7.28. The van der Waals surface area contributed by atoms with Crippen molar-refractivity contribution >= 4 is 17.6 Å². The monoisotopic (exact) mass is 334 g/mol. The van der Waals surface area contributed by atoms with Crippen molar-refractivity contribution in [3.05, 3.63) is 17.8 Å². The van der Waals surface area contributed by atoms with Gasteiger partial charge in [0.05, 0.1) is 0 Å². The zero-order chi connectivity index (χ0) is 17.9. The van der Waals surface area contributed by atoms with E-state index in [-0.39, 0.29) is 6.09 Å². The fraction of sp³-hybridized carbons (Fsp3) is 0.667. The third kappa shape index (κ3) is 4.30. The maximum absolute atomic E-state index is 12.2. The molecule has 2 heterocycles. The minimum Gasteiger partial charge on any atom is -0.444 e. The van der Waals surface area contributed by atoms with Crippen LogP contribution in [0.15, 0.2) is 12.3 Å². The Morgan fingerprint density at radius 1 is 1.33 bits per heavy atom. The summed E-state index contributed by atoms with van der Waals surface area (Å²) in [5.74, 6) is 1.31. The van der Waals surface area contributed by atoms with Crippen molar-refractivity contribution in [3.63, 3.8) is 0 Å². The molecule has 0 aromatic carbocycles. The van der Waals surface area contributed by atoms with Gasteiger partial charge >= 0.3 is 6.09 Å². The van der Waals surface area contributed by atoms with Crippen LogP contribution in [-0.2, 0) is 4.74 Å². The quantitative estimate of drug-likeness (QED) is 0.919. The SMILES string of the molecule is CCC(C)c1c(N)ccnc1N1CCN(C(=O)OC(C)(C)C)CC1. The third-order valence-electron chi connectivity index (χ3n) is 4.34. The van der Waals surface area contributed by atoms with E-state index in [0.717, 1.165) is 36.6 Å². The van der Waals surface area contributed by atoms with Gasteiger partial charge in [0.1, 0.15) is 11.4 Å². The van der Waals surface area contributed by atoms with Crippen molar-refractivity contribution < 1.29 is 9.53 Å². The maximum atomic E-state index is 12.2. The number of amides is 1. The van der Waals surface area contributed by atoms with Gasteiger partial charge in [-0.15, -0.1) is 0 Å². The summed E-state index contributed by atoms with van der Waals surface area (Å²) in [6.07, 6.45) is 2.53. The summed E-state index contributed by atoms with van der Waals surface area (Å²) in [5, 5.41) is 0. The van der Waals surface area contributed by atoms with E-state index in [0.29, 0.717) is 19.0 Å². The topological polar surface area (TPSA) is 71.7 Å². The van der Waals surface area contributed by atoms with Crippen LogP contribution >= 0.6 is 0 Å². The lowest BCUT2D eigenvalue weighted by atomic mass is 9.97. The molecule has 0 bridgehead atoms. The van der Waals surface area contributed by atoms with Gasteiger partial charge in [0.2, 0.25) is 0 Å².